The Morgan fingerprint density at radius 1 is 0.893 bits per heavy atom. The minimum atomic E-state index is -3.72. The number of rotatable bonds is 4. The van der Waals surface area contributed by atoms with E-state index in [0.717, 1.165) is 23.0 Å². The summed E-state index contributed by atoms with van der Waals surface area (Å²) in [4.78, 5) is 8.05. The number of aryl methyl sites for hydroxylation is 2. The maximum absolute atomic E-state index is 14.1. The zero-order valence-corrected chi connectivity index (χ0v) is 14.9. The third-order valence-electron chi connectivity index (χ3n) is 3.89. The molecule has 28 heavy (non-hydrogen) atoms. The Morgan fingerprint density at radius 2 is 1.61 bits per heavy atom. The van der Waals surface area contributed by atoms with Gasteiger partial charge in [-0.1, -0.05) is 6.07 Å². The van der Waals surface area contributed by atoms with Crippen LogP contribution in [0, 0.1) is 19.7 Å². The molecule has 0 amide bonds. The van der Waals surface area contributed by atoms with Crippen molar-refractivity contribution in [2.45, 2.75) is 20.1 Å². The van der Waals surface area contributed by atoms with Crippen LogP contribution in [0.25, 0.3) is 0 Å². The molecular formula is C19H15F3N4O2. The highest BCUT2D eigenvalue weighted by Gasteiger charge is 2.43. The number of nitrogens with one attached hydrogen (secondary N) is 2. The molecular weight excluding hydrogens is 373 g/mol. The Labute approximate surface area is 158 Å². The summed E-state index contributed by atoms with van der Waals surface area (Å²) >= 11 is 0. The minimum Gasteiger partial charge on any atom is -0.395 e. The predicted molar refractivity (Wildman–Crippen MR) is 97.1 cm³/mol. The van der Waals surface area contributed by atoms with Crippen molar-refractivity contribution in [3.63, 3.8) is 0 Å². The molecule has 1 aliphatic heterocycles. The van der Waals surface area contributed by atoms with Crippen LogP contribution in [0.4, 0.5) is 36.3 Å². The van der Waals surface area contributed by atoms with Crippen molar-refractivity contribution in [2.75, 3.05) is 10.6 Å². The van der Waals surface area contributed by atoms with Gasteiger partial charge in [0.15, 0.2) is 23.1 Å². The molecule has 2 aromatic carbocycles. The number of benzene rings is 2. The van der Waals surface area contributed by atoms with Crippen LogP contribution in [0.5, 0.6) is 11.5 Å². The Kier molecular flexibility index (Phi) is 4.21. The molecule has 0 radical (unpaired) electrons. The molecule has 1 aromatic heterocycles. The third kappa shape index (κ3) is 3.78. The number of aromatic nitrogens is 2. The second-order valence-corrected chi connectivity index (χ2v) is 6.35. The molecule has 9 heteroatoms. The van der Waals surface area contributed by atoms with Crippen LogP contribution in [-0.2, 0) is 0 Å². The number of halogens is 3. The van der Waals surface area contributed by atoms with E-state index in [-0.39, 0.29) is 23.3 Å². The van der Waals surface area contributed by atoms with E-state index in [2.05, 4.69) is 30.1 Å². The minimum absolute atomic E-state index is 0.101. The quantitative estimate of drug-likeness (QED) is 0.653. The van der Waals surface area contributed by atoms with Crippen LogP contribution in [0.3, 0.4) is 0 Å². The fraction of sp³-hybridized carbons (Fsp3) is 0.158. The van der Waals surface area contributed by atoms with Crippen molar-refractivity contribution in [3.8, 4) is 11.5 Å². The number of anilines is 4. The van der Waals surface area contributed by atoms with Gasteiger partial charge in [-0.2, -0.15) is 4.98 Å². The van der Waals surface area contributed by atoms with Gasteiger partial charge in [0, 0.05) is 17.4 Å². The first-order valence-electron chi connectivity index (χ1n) is 8.32. The Hall–Kier alpha value is -3.49. The Bertz CT molecular complexity index is 1040. The zero-order chi connectivity index (χ0) is 19.9. The number of hydrogen-bond donors (Lipinski definition) is 2. The van der Waals surface area contributed by atoms with Gasteiger partial charge in [0.2, 0.25) is 5.95 Å². The van der Waals surface area contributed by atoms with Crippen LogP contribution in [0.2, 0.25) is 0 Å². The van der Waals surface area contributed by atoms with E-state index in [0.29, 0.717) is 5.69 Å². The van der Waals surface area contributed by atoms with Crippen LogP contribution in [0.1, 0.15) is 11.1 Å². The van der Waals surface area contributed by atoms with Crippen LogP contribution in [0.15, 0.2) is 42.6 Å². The van der Waals surface area contributed by atoms with Gasteiger partial charge in [-0.15, -0.1) is 8.78 Å². The van der Waals surface area contributed by atoms with Gasteiger partial charge in [0.25, 0.3) is 0 Å². The maximum atomic E-state index is 14.1. The molecule has 0 atom stereocenters. The van der Waals surface area contributed by atoms with E-state index < -0.39 is 12.1 Å². The monoisotopic (exact) mass is 388 g/mol. The summed E-state index contributed by atoms with van der Waals surface area (Å²) in [6, 6.07) is 9.85. The molecule has 2 N–H and O–H groups in total. The molecule has 4 rings (SSSR count). The molecule has 0 unspecified atom stereocenters. The summed E-state index contributed by atoms with van der Waals surface area (Å²) in [5, 5.41) is 5.75. The number of hydrogen-bond acceptors (Lipinski definition) is 6. The molecule has 6 nitrogen and oxygen atoms in total. The molecule has 2 heterocycles. The molecule has 0 fully saturated rings. The fourth-order valence-electron chi connectivity index (χ4n) is 2.85. The molecule has 0 saturated carbocycles. The molecule has 0 saturated heterocycles. The van der Waals surface area contributed by atoms with Crippen LogP contribution in [-0.4, -0.2) is 16.3 Å². The number of fused-ring (bicyclic) bond motifs is 1. The van der Waals surface area contributed by atoms with Crippen molar-refractivity contribution in [2.24, 2.45) is 0 Å². The summed E-state index contributed by atoms with van der Waals surface area (Å²) in [6.45, 7) is 3.92. The normalized spacial score (nSPS) is 14.0. The molecule has 144 valence electrons. The fourth-order valence-corrected chi connectivity index (χ4v) is 2.85. The lowest BCUT2D eigenvalue weighted by Gasteiger charge is -2.11. The highest BCUT2D eigenvalue weighted by atomic mass is 19.3. The molecule has 0 spiro atoms. The summed E-state index contributed by atoms with van der Waals surface area (Å²) in [6.07, 6.45) is -2.70. The maximum Gasteiger partial charge on any atom is 0.586 e. The smallest absolute Gasteiger partial charge is 0.395 e. The first kappa shape index (κ1) is 17.9. The number of ether oxygens (including phenoxy) is 2. The van der Waals surface area contributed by atoms with Gasteiger partial charge in [-0.3, -0.25) is 0 Å². The second kappa shape index (κ2) is 6.59. The van der Waals surface area contributed by atoms with Gasteiger partial charge in [0.1, 0.15) is 0 Å². The number of alkyl halides is 2. The van der Waals surface area contributed by atoms with E-state index in [9.17, 15) is 13.2 Å². The van der Waals surface area contributed by atoms with Gasteiger partial charge < -0.3 is 20.1 Å². The van der Waals surface area contributed by atoms with E-state index in [1.54, 1.807) is 0 Å². The van der Waals surface area contributed by atoms with Gasteiger partial charge >= 0.3 is 6.29 Å². The second-order valence-electron chi connectivity index (χ2n) is 6.35. The van der Waals surface area contributed by atoms with E-state index in [1.807, 2.05) is 32.0 Å². The standard InChI is InChI=1S/C19H15F3N4O2/c1-10-5-11(2)7-13(6-10)25-18-23-9-14(20)17(26-18)24-12-3-4-15-16(8-12)28-19(21,22)27-15/h3-9H,1-2H3,(H2,23,24,25,26). The Morgan fingerprint density at radius 3 is 2.36 bits per heavy atom. The summed E-state index contributed by atoms with van der Waals surface area (Å²) in [5.41, 5.74) is 3.18. The van der Waals surface area contributed by atoms with Crippen LogP contribution < -0.4 is 20.1 Å². The van der Waals surface area contributed by atoms with Crippen LogP contribution >= 0.6 is 0 Å². The van der Waals surface area contributed by atoms with E-state index in [1.165, 1.54) is 18.2 Å². The first-order valence-corrected chi connectivity index (χ1v) is 8.32. The van der Waals surface area contributed by atoms with Crippen molar-refractivity contribution in [3.05, 3.63) is 59.5 Å². The van der Waals surface area contributed by atoms with Gasteiger partial charge in [-0.25, -0.2) is 9.37 Å². The topological polar surface area (TPSA) is 68.3 Å². The first-order chi connectivity index (χ1) is 13.3. The molecule has 1 aliphatic rings. The lowest BCUT2D eigenvalue weighted by molar-refractivity contribution is -0.286. The summed E-state index contributed by atoms with van der Waals surface area (Å²) < 4.78 is 49.1. The molecule has 0 bridgehead atoms. The zero-order valence-electron chi connectivity index (χ0n) is 14.9. The molecule has 3 aromatic rings. The van der Waals surface area contributed by atoms with Crippen molar-refractivity contribution < 1.29 is 22.6 Å². The third-order valence-corrected chi connectivity index (χ3v) is 3.89. The van der Waals surface area contributed by atoms with E-state index >= 15 is 0 Å². The lowest BCUT2D eigenvalue weighted by Crippen LogP contribution is -2.25. The van der Waals surface area contributed by atoms with Crippen molar-refractivity contribution >= 4 is 23.1 Å². The van der Waals surface area contributed by atoms with Crippen molar-refractivity contribution in [1.82, 2.24) is 9.97 Å². The Balaban J connectivity index is 1.57. The highest BCUT2D eigenvalue weighted by molar-refractivity contribution is 5.64. The lowest BCUT2D eigenvalue weighted by atomic mass is 10.1. The van der Waals surface area contributed by atoms with Gasteiger partial charge in [0.05, 0.1) is 6.20 Å². The largest absolute Gasteiger partial charge is 0.586 e. The average molecular weight is 388 g/mol. The van der Waals surface area contributed by atoms with E-state index in [4.69, 9.17) is 0 Å². The predicted octanol–water partition coefficient (Wildman–Crippen LogP) is 5.04. The number of nitrogens with zero attached hydrogens (tertiary/aromatic N) is 2. The summed E-state index contributed by atoms with van der Waals surface area (Å²) in [5.74, 6) is -0.892. The van der Waals surface area contributed by atoms with Gasteiger partial charge in [-0.05, 0) is 49.2 Å². The average Bonchev–Trinajstić information content (AvgIpc) is 2.90. The highest BCUT2D eigenvalue weighted by Crippen LogP contribution is 2.42. The van der Waals surface area contributed by atoms with Crippen molar-refractivity contribution in [1.29, 1.82) is 0 Å². The SMILES string of the molecule is Cc1cc(C)cc(Nc2ncc(F)c(Nc3ccc4c(c3)OC(F)(F)O4)n2)c1. The molecule has 0 aliphatic carbocycles. The summed E-state index contributed by atoms with van der Waals surface area (Å²) in [7, 11) is 0.